The van der Waals surface area contributed by atoms with E-state index >= 15 is 0 Å². The molecule has 0 saturated heterocycles. The van der Waals surface area contributed by atoms with Crippen LogP contribution in [-0.4, -0.2) is 21.5 Å². The number of nitrogens with zero attached hydrogens (tertiary/aromatic N) is 3. The third-order valence-electron chi connectivity index (χ3n) is 3.37. The van der Waals surface area contributed by atoms with Gasteiger partial charge in [0.1, 0.15) is 0 Å². The summed E-state index contributed by atoms with van der Waals surface area (Å²) in [7, 11) is 0. The van der Waals surface area contributed by atoms with Crippen LogP contribution in [0.2, 0.25) is 0 Å². The van der Waals surface area contributed by atoms with E-state index in [1.165, 1.54) is 0 Å². The summed E-state index contributed by atoms with van der Waals surface area (Å²) in [6, 6.07) is 19.8. The summed E-state index contributed by atoms with van der Waals surface area (Å²) < 4.78 is 0. The highest BCUT2D eigenvalue weighted by atomic mass is 15.2. The summed E-state index contributed by atoms with van der Waals surface area (Å²) in [5.74, 6) is 2.26. The molecule has 1 aromatic heterocycles. The molecule has 0 atom stereocenters. The second-order valence-corrected chi connectivity index (χ2v) is 5.94. The lowest BCUT2D eigenvalue weighted by Gasteiger charge is -2.11. The smallest absolute Gasteiger partial charge is 0.232 e. The molecule has 5 nitrogen and oxygen atoms in total. The summed E-state index contributed by atoms with van der Waals surface area (Å²) in [5.41, 5.74) is 1.90. The van der Waals surface area contributed by atoms with Gasteiger partial charge in [-0.25, -0.2) is 0 Å². The van der Waals surface area contributed by atoms with Crippen molar-refractivity contribution < 1.29 is 0 Å². The van der Waals surface area contributed by atoms with E-state index in [0.717, 1.165) is 17.8 Å². The first-order valence-corrected chi connectivity index (χ1v) is 8.08. The van der Waals surface area contributed by atoms with Crippen molar-refractivity contribution in [1.82, 2.24) is 15.0 Å². The van der Waals surface area contributed by atoms with Crippen molar-refractivity contribution in [2.75, 3.05) is 17.2 Å². The molecule has 0 radical (unpaired) electrons. The van der Waals surface area contributed by atoms with Crippen LogP contribution < -0.4 is 10.6 Å². The molecule has 0 aliphatic carbocycles. The Hall–Kier alpha value is -2.95. The van der Waals surface area contributed by atoms with Crippen LogP contribution in [-0.2, 0) is 0 Å². The van der Waals surface area contributed by atoms with E-state index in [2.05, 4.69) is 39.4 Å². The number of nitrogens with one attached hydrogen (secondary N) is 2. The lowest BCUT2D eigenvalue weighted by Crippen LogP contribution is -2.12. The second kappa shape index (κ2) is 7.55. The Morgan fingerprint density at radius 2 is 1.42 bits per heavy atom. The molecule has 3 aromatic rings. The Kier molecular flexibility index (Phi) is 5.01. The van der Waals surface area contributed by atoms with Crippen molar-refractivity contribution in [1.29, 1.82) is 0 Å². The zero-order valence-corrected chi connectivity index (χ0v) is 13.9. The van der Waals surface area contributed by atoms with Gasteiger partial charge in [0.25, 0.3) is 0 Å². The van der Waals surface area contributed by atoms with Crippen LogP contribution >= 0.6 is 0 Å². The van der Waals surface area contributed by atoms with Crippen molar-refractivity contribution in [2.24, 2.45) is 5.92 Å². The number of hydrogen-bond donors (Lipinski definition) is 2. The molecule has 0 saturated carbocycles. The average molecular weight is 319 g/mol. The predicted molar refractivity (Wildman–Crippen MR) is 98.3 cm³/mol. The Balaban J connectivity index is 1.93. The molecule has 5 heteroatoms. The standard InChI is InChI=1S/C19H21N5/c1-14(2)13-20-18-22-17(15-9-5-3-6-10-15)23-19(24-18)21-16-11-7-4-8-12-16/h3-12,14H,13H2,1-2H3,(H2,20,21,22,23,24). The van der Waals surface area contributed by atoms with Gasteiger partial charge in [0.15, 0.2) is 5.82 Å². The molecule has 0 amide bonds. The maximum Gasteiger partial charge on any atom is 0.232 e. The first kappa shape index (κ1) is 15.9. The van der Waals surface area contributed by atoms with Crippen LogP contribution in [0.25, 0.3) is 11.4 Å². The van der Waals surface area contributed by atoms with Crippen LogP contribution in [0.1, 0.15) is 13.8 Å². The maximum atomic E-state index is 4.55. The van der Waals surface area contributed by atoms with Crippen LogP contribution in [0.4, 0.5) is 17.6 Å². The number of para-hydroxylation sites is 1. The number of rotatable bonds is 6. The molecule has 0 bridgehead atoms. The lowest BCUT2D eigenvalue weighted by molar-refractivity contribution is 0.684. The van der Waals surface area contributed by atoms with Crippen LogP contribution in [0.3, 0.4) is 0 Å². The quantitative estimate of drug-likeness (QED) is 0.707. The van der Waals surface area contributed by atoms with Crippen LogP contribution in [0.15, 0.2) is 60.7 Å². The highest BCUT2D eigenvalue weighted by molar-refractivity contribution is 5.60. The average Bonchev–Trinajstić information content (AvgIpc) is 2.61. The molecule has 24 heavy (non-hydrogen) atoms. The second-order valence-electron chi connectivity index (χ2n) is 5.94. The summed E-state index contributed by atoms with van der Waals surface area (Å²) in [6.07, 6.45) is 0. The molecule has 0 fully saturated rings. The minimum atomic E-state index is 0.507. The number of anilines is 3. The fourth-order valence-corrected chi connectivity index (χ4v) is 2.17. The Bertz CT molecular complexity index is 772. The molecular weight excluding hydrogens is 298 g/mol. The molecular formula is C19H21N5. The Morgan fingerprint density at radius 1 is 0.792 bits per heavy atom. The molecule has 1 heterocycles. The zero-order chi connectivity index (χ0) is 16.8. The van der Waals surface area contributed by atoms with E-state index < -0.39 is 0 Å². The fourth-order valence-electron chi connectivity index (χ4n) is 2.17. The molecule has 3 rings (SSSR count). The molecule has 0 aliphatic rings. The van der Waals surface area contributed by atoms with Crippen molar-refractivity contribution >= 4 is 17.6 Å². The highest BCUT2D eigenvalue weighted by Crippen LogP contribution is 2.20. The third kappa shape index (κ3) is 4.29. The molecule has 2 aromatic carbocycles. The Labute approximate surface area is 142 Å². The van der Waals surface area contributed by atoms with Crippen molar-refractivity contribution in [2.45, 2.75) is 13.8 Å². The van der Waals surface area contributed by atoms with Gasteiger partial charge in [0.05, 0.1) is 0 Å². The summed E-state index contributed by atoms with van der Waals surface area (Å²) in [4.78, 5) is 13.6. The van der Waals surface area contributed by atoms with Crippen molar-refractivity contribution in [3.05, 3.63) is 60.7 Å². The van der Waals surface area contributed by atoms with Gasteiger partial charge in [-0.3, -0.25) is 0 Å². The summed E-state index contributed by atoms with van der Waals surface area (Å²) in [6.45, 7) is 5.11. The lowest BCUT2D eigenvalue weighted by atomic mass is 10.2. The Morgan fingerprint density at radius 3 is 2.08 bits per heavy atom. The van der Waals surface area contributed by atoms with E-state index in [9.17, 15) is 0 Å². The molecule has 122 valence electrons. The SMILES string of the molecule is CC(C)CNc1nc(Nc2ccccc2)nc(-c2ccccc2)n1. The van der Waals surface area contributed by atoms with Gasteiger partial charge < -0.3 is 10.6 Å². The van der Waals surface area contributed by atoms with Gasteiger partial charge in [-0.2, -0.15) is 15.0 Å². The van der Waals surface area contributed by atoms with E-state index in [1.807, 2.05) is 60.7 Å². The molecule has 0 spiro atoms. The zero-order valence-electron chi connectivity index (χ0n) is 13.9. The number of aromatic nitrogens is 3. The summed E-state index contributed by atoms with van der Waals surface area (Å²) in [5, 5.41) is 6.52. The first-order valence-electron chi connectivity index (χ1n) is 8.08. The minimum Gasteiger partial charge on any atom is -0.354 e. The van der Waals surface area contributed by atoms with E-state index in [4.69, 9.17) is 0 Å². The van der Waals surface area contributed by atoms with Crippen LogP contribution in [0.5, 0.6) is 0 Å². The monoisotopic (exact) mass is 319 g/mol. The first-order chi connectivity index (χ1) is 11.7. The number of hydrogen-bond acceptors (Lipinski definition) is 5. The van der Waals surface area contributed by atoms with E-state index in [1.54, 1.807) is 0 Å². The molecule has 0 aliphatic heterocycles. The topological polar surface area (TPSA) is 62.7 Å². The largest absolute Gasteiger partial charge is 0.354 e. The van der Waals surface area contributed by atoms with Crippen molar-refractivity contribution in [3.8, 4) is 11.4 Å². The fraction of sp³-hybridized carbons (Fsp3) is 0.211. The maximum absolute atomic E-state index is 4.55. The van der Waals surface area contributed by atoms with Gasteiger partial charge >= 0.3 is 0 Å². The molecule has 0 unspecified atom stereocenters. The molecule has 2 N–H and O–H groups in total. The van der Waals surface area contributed by atoms with Gasteiger partial charge in [0.2, 0.25) is 11.9 Å². The minimum absolute atomic E-state index is 0.507. The predicted octanol–water partition coefficient (Wildman–Crippen LogP) is 4.35. The normalized spacial score (nSPS) is 10.6. The van der Waals surface area contributed by atoms with E-state index in [-0.39, 0.29) is 0 Å². The third-order valence-corrected chi connectivity index (χ3v) is 3.37. The van der Waals surface area contributed by atoms with E-state index in [0.29, 0.717) is 23.6 Å². The van der Waals surface area contributed by atoms with Gasteiger partial charge in [-0.1, -0.05) is 62.4 Å². The van der Waals surface area contributed by atoms with Gasteiger partial charge in [-0.05, 0) is 18.1 Å². The van der Waals surface area contributed by atoms with Gasteiger partial charge in [-0.15, -0.1) is 0 Å². The van der Waals surface area contributed by atoms with Crippen molar-refractivity contribution in [3.63, 3.8) is 0 Å². The number of benzene rings is 2. The summed E-state index contributed by atoms with van der Waals surface area (Å²) >= 11 is 0. The highest BCUT2D eigenvalue weighted by Gasteiger charge is 2.09. The van der Waals surface area contributed by atoms with Crippen LogP contribution in [0, 0.1) is 5.92 Å². The van der Waals surface area contributed by atoms with Gasteiger partial charge in [0, 0.05) is 17.8 Å².